The fourth-order valence-electron chi connectivity index (χ4n) is 2.12. The Morgan fingerprint density at radius 1 is 1.12 bits per heavy atom. The summed E-state index contributed by atoms with van der Waals surface area (Å²) in [4.78, 5) is 27.3. The first kappa shape index (κ1) is 20.0. The van der Waals surface area contributed by atoms with E-state index in [2.05, 4.69) is 0 Å². The van der Waals surface area contributed by atoms with Crippen LogP contribution in [0.4, 0.5) is 5.69 Å². The van der Waals surface area contributed by atoms with Crippen LogP contribution in [0.2, 0.25) is 0 Å². The number of rotatable bonds is 7. The summed E-state index contributed by atoms with van der Waals surface area (Å²) in [6.07, 6.45) is 2.74. The molecule has 0 unspecified atom stereocenters. The standard InChI is InChI=1S/C19H21IN2O4/c1-21(2)15-6-4-14(5-7-15)12-22(3)18(23)13-25-19(24)11-9-16-8-10-17(20)26-16/h4-11H,12-13H2,1-3H3/b11-9+. The third kappa shape index (κ3) is 6.21. The second kappa shape index (κ2) is 9.42. The van der Waals surface area contributed by atoms with Gasteiger partial charge in [0.05, 0.1) is 0 Å². The van der Waals surface area contributed by atoms with Crippen molar-refractivity contribution in [2.75, 3.05) is 32.6 Å². The molecule has 0 spiro atoms. The predicted octanol–water partition coefficient (Wildman–Crippen LogP) is 3.17. The number of carbonyl (C=O) groups is 2. The van der Waals surface area contributed by atoms with E-state index in [1.165, 1.54) is 17.1 Å². The normalized spacial score (nSPS) is 10.8. The van der Waals surface area contributed by atoms with Crippen molar-refractivity contribution in [1.29, 1.82) is 0 Å². The molecule has 0 atom stereocenters. The van der Waals surface area contributed by atoms with Crippen molar-refractivity contribution in [1.82, 2.24) is 4.90 Å². The van der Waals surface area contributed by atoms with Crippen molar-refractivity contribution in [3.63, 3.8) is 0 Å². The van der Waals surface area contributed by atoms with Gasteiger partial charge in [0.1, 0.15) is 5.76 Å². The fourth-order valence-corrected chi connectivity index (χ4v) is 2.55. The Kier molecular flexibility index (Phi) is 7.26. The largest absolute Gasteiger partial charge is 0.452 e. The van der Waals surface area contributed by atoms with E-state index in [1.54, 1.807) is 19.2 Å². The average molecular weight is 468 g/mol. The first-order valence-electron chi connectivity index (χ1n) is 7.95. The van der Waals surface area contributed by atoms with E-state index in [0.717, 1.165) is 15.0 Å². The maximum absolute atomic E-state index is 12.1. The zero-order chi connectivity index (χ0) is 19.1. The van der Waals surface area contributed by atoms with Crippen LogP contribution in [0.25, 0.3) is 6.08 Å². The van der Waals surface area contributed by atoms with Gasteiger partial charge in [-0.05, 0) is 58.5 Å². The Labute approximate surface area is 166 Å². The Balaban J connectivity index is 1.79. The van der Waals surface area contributed by atoms with Crippen molar-refractivity contribution in [3.8, 4) is 0 Å². The van der Waals surface area contributed by atoms with Gasteiger partial charge in [0.25, 0.3) is 5.91 Å². The van der Waals surface area contributed by atoms with Gasteiger partial charge in [-0.15, -0.1) is 0 Å². The highest BCUT2D eigenvalue weighted by Gasteiger charge is 2.11. The van der Waals surface area contributed by atoms with Crippen LogP contribution >= 0.6 is 22.6 Å². The number of likely N-dealkylation sites (N-methyl/N-ethyl adjacent to an activating group) is 1. The molecule has 2 aromatic rings. The number of nitrogens with zero attached hydrogens (tertiary/aromatic N) is 2. The molecule has 0 aliphatic rings. The van der Waals surface area contributed by atoms with Gasteiger partial charge in [-0.2, -0.15) is 0 Å². The van der Waals surface area contributed by atoms with Gasteiger partial charge in [-0.1, -0.05) is 12.1 Å². The molecule has 0 fully saturated rings. The third-order valence-corrected chi connectivity index (χ3v) is 4.19. The molecule has 26 heavy (non-hydrogen) atoms. The average Bonchev–Trinajstić information content (AvgIpc) is 3.03. The third-order valence-electron chi connectivity index (χ3n) is 3.61. The second-order valence-corrected chi connectivity index (χ2v) is 6.96. The second-order valence-electron chi connectivity index (χ2n) is 5.89. The van der Waals surface area contributed by atoms with Gasteiger partial charge in [0.2, 0.25) is 0 Å². The van der Waals surface area contributed by atoms with Crippen molar-refractivity contribution in [3.05, 3.63) is 57.6 Å². The molecule has 1 amide bonds. The van der Waals surface area contributed by atoms with E-state index in [9.17, 15) is 9.59 Å². The van der Waals surface area contributed by atoms with Crippen LogP contribution in [-0.4, -0.2) is 44.5 Å². The van der Waals surface area contributed by atoms with Crippen LogP contribution in [0.3, 0.4) is 0 Å². The first-order chi connectivity index (χ1) is 12.3. The maximum atomic E-state index is 12.1. The minimum absolute atomic E-state index is 0.268. The molecule has 1 aromatic heterocycles. The molecule has 1 aromatic carbocycles. The van der Waals surface area contributed by atoms with Crippen molar-refractivity contribution in [2.24, 2.45) is 0 Å². The van der Waals surface area contributed by atoms with Gasteiger partial charge in [-0.25, -0.2) is 4.79 Å². The number of hydrogen-bond acceptors (Lipinski definition) is 5. The summed E-state index contributed by atoms with van der Waals surface area (Å²) < 4.78 is 11.0. The molecule has 0 saturated carbocycles. The lowest BCUT2D eigenvalue weighted by Gasteiger charge is -2.18. The van der Waals surface area contributed by atoms with Crippen LogP contribution in [0.15, 0.2) is 46.9 Å². The quantitative estimate of drug-likeness (QED) is 0.355. The van der Waals surface area contributed by atoms with Crippen molar-refractivity contribution in [2.45, 2.75) is 6.54 Å². The Morgan fingerprint density at radius 3 is 2.38 bits per heavy atom. The smallest absolute Gasteiger partial charge is 0.331 e. The van der Waals surface area contributed by atoms with Crippen LogP contribution in [0, 0.1) is 3.77 Å². The summed E-state index contributed by atoms with van der Waals surface area (Å²) >= 11 is 2.03. The van der Waals surface area contributed by atoms with Gasteiger partial charge < -0.3 is 19.0 Å². The van der Waals surface area contributed by atoms with E-state index in [1.807, 2.05) is 65.9 Å². The summed E-state index contributed by atoms with van der Waals surface area (Å²) in [7, 11) is 5.62. The SMILES string of the molecule is CN(Cc1ccc(N(C)C)cc1)C(=O)COC(=O)/C=C/c1ccc(I)o1. The van der Waals surface area contributed by atoms with E-state index in [0.29, 0.717) is 12.3 Å². The summed E-state index contributed by atoms with van der Waals surface area (Å²) in [5.74, 6) is -0.305. The van der Waals surface area contributed by atoms with Gasteiger partial charge in [0, 0.05) is 39.5 Å². The predicted molar refractivity (Wildman–Crippen MR) is 109 cm³/mol. The number of amides is 1. The van der Waals surface area contributed by atoms with E-state index < -0.39 is 5.97 Å². The molecule has 0 saturated heterocycles. The lowest BCUT2D eigenvalue weighted by molar-refractivity contribution is -0.147. The van der Waals surface area contributed by atoms with Gasteiger partial charge in [0.15, 0.2) is 10.4 Å². The van der Waals surface area contributed by atoms with Gasteiger partial charge >= 0.3 is 5.97 Å². The minimum atomic E-state index is -0.589. The highest BCUT2D eigenvalue weighted by molar-refractivity contribution is 14.1. The van der Waals surface area contributed by atoms with E-state index in [-0.39, 0.29) is 12.5 Å². The van der Waals surface area contributed by atoms with E-state index >= 15 is 0 Å². The lowest BCUT2D eigenvalue weighted by atomic mass is 10.2. The summed E-state index contributed by atoms with van der Waals surface area (Å²) in [5, 5.41) is 0. The number of esters is 1. The molecule has 0 N–H and O–H groups in total. The molecule has 138 valence electrons. The molecule has 0 bridgehead atoms. The topological polar surface area (TPSA) is 63.0 Å². The number of ether oxygens (including phenoxy) is 1. The first-order valence-corrected chi connectivity index (χ1v) is 9.03. The molecule has 7 heteroatoms. The van der Waals surface area contributed by atoms with Crippen LogP contribution in [-0.2, 0) is 20.9 Å². The number of furan rings is 1. The Morgan fingerprint density at radius 2 is 1.81 bits per heavy atom. The van der Waals surface area contributed by atoms with Crippen LogP contribution in [0.1, 0.15) is 11.3 Å². The number of anilines is 1. The number of hydrogen-bond donors (Lipinski definition) is 0. The summed E-state index contributed by atoms with van der Waals surface area (Å²) in [6, 6.07) is 11.5. The monoisotopic (exact) mass is 468 g/mol. The molecular weight excluding hydrogens is 447 g/mol. The summed E-state index contributed by atoms with van der Waals surface area (Å²) in [5.41, 5.74) is 2.10. The highest BCUT2D eigenvalue weighted by Crippen LogP contribution is 2.13. The fraction of sp³-hybridized carbons (Fsp3) is 0.263. The highest BCUT2D eigenvalue weighted by atomic mass is 127. The number of benzene rings is 1. The minimum Gasteiger partial charge on any atom is -0.452 e. The zero-order valence-corrected chi connectivity index (χ0v) is 17.1. The van der Waals surface area contributed by atoms with Gasteiger partial charge in [-0.3, -0.25) is 4.79 Å². The molecule has 6 nitrogen and oxygen atoms in total. The molecule has 0 radical (unpaired) electrons. The maximum Gasteiger partial charge on any atom is 0.331 e. The molecule has 0 aliphatic heterocycles. The van der Waals surface area contributed by atoms with Crippen LogP contribution < -0.4 is 4.90 Å². The summed E-state index contributed by atoms with van der Waals surface area (Å²) in [6.45, 7) is 0.149. The molecule has 1 heterocycles. The number of halogens is 1. The molecular formula is C19H21IN2O4. The zero-order valence-electron chi connectivity index (χ0n) is 14.9. The number of carbonyl (C=O) groups excluding carboxylic acids is 2. The Hall–Kier alpha value is -2.29. The van der Waals surface area contributed by atoms with E-state index in [4.69, 9.17) is 9.15 Å². The molecule has 2 rings (SSSR count). The molecule has 0 aliphatic carbocycles. The van der Waals surface area contributed by atoms with Crippen molar-refractivity contribution >= 4 is 46.2 Å². The van der Waals surface area contributed by atoms with Crippen LogP contribution in [0.5, 0.6) is 0 Å². The lowest BCUT2D eigenvalue weighted by Crippen LogP contribution is -2.30. The Bertz CT molecular complexity index is 781. The van der Waals surface area contributed by atoms with Crippen molar-refractivity contribution < 1.29 is 18.7 Å².